The van der Waals surface area contributed by atoms with Crippen molar-refractivity contribution in [2.45, 2.75) is 19.9 Å². The second-order valence-electron chi connectivity index (χ2n) is 8.03. The van der Waals surface area contributed by atoms with E-state index in [1.54, 1.807) is 0 Å². The first-order chi connectivity index (χ1) is 14.3. The molecular formula is C22H28N4O3S. The highest BCUT2D eigenvalue weighted by Gasteiger charge is 2.26. The molecule has 0 radical (unpaired) electrons. The highest BCUT2D eigenvalue weighted by Crippen LogP contribution is 2.28. The van der Waals surface area contributed by atoms with Crippen molar-refractivity contribution in [1.29, 1.82) is 0 Å². The van der Waals surface area contributed by atoms with Crippen LogP contribution in [0.3, 0.4) is 0 Å². The summed E-state index contributed by atoms with van der Waals surface area (Å²) in [7, 11) is -3.22. The van der Waals surface area contributed by atoms with Gasteiger partial charge >= 0.3 is 6.03 Å². The number of carbonyl (C=O) groups excluding carboxylic acids is 1. The monoisotopic (exact) mass is 428 g/mol. The van der Waals surface area contributed by atoms with E-state index in [1.807, 2.05) is 23.1 Å². The maximum Gasteiger partial charge on any atom is 0.321 e. The Morgan fingerprint density at radius 3 is 2.43 bits per heavy atom. The van der Waals surface area contributed by atoms with Crippen LogP contribution in [0.1, 0.15) is 16.7 Å². The van der Waals surface area contributed by atoms with Gasteiger partial charge in [-0.15, -0.1) is 0 Å². The zero-order chi connectivity index (χ0) is 21.3. The van der Waals surface area contributed by atoms with Crippen molar-refractivity contribution < 1.29 is 13.2 Å². The van der Waals surface area contributed by atoms with E-state index in [0.717, 1.165) is 29.9 Å². The molecular weight excluding hydrogens is 400 g/mol. The average Bonchev–Trinajstić information content (AvgIpc) is 2.73. The Balaban J connectivity index is 1.40. The number of hydrogen-bond acceptors (Lipinski definition) is 4. The van der Waals surface area contributed by atoms with Crippen LogP contribution in [0.15, 0.2) is 42.5 Å². The zero-order valence-corrected chi connectivity index (χ0v) is 18.3. The van der Waals surface area contributed by atoms with E-state index < -0.39 is 10.0 Å². The number of carbonyl (C=O) groups is 1. The Bertz CT molecular complexity index is 1050. The van der Waals surface area contributed by atoms with E-state index >= 15 is 0 Å². The predicted octanol–water partition coefficient (Wildman–Crippen LogP) is 2.67. The summed E-state index contributed by atoms with van der Waals surface area (Å²) < 4.78 is 25.2. The molecule has 2 aromatic carbocycles. The van der Waals surface area contributed by atoms with E-state index in [-0.39, 0.29) is 6.03 Å². The van der Waals surface area contributed by atoms with Crippen molar-refractivity contribution in [3.8, 4) is 0 Å². The Kier molecular flexibility index (Phi) is 5.71. The van der Waals surface area contributed by atoms with Crippen molar-refractivity contribution in [3.63, 3.8) is 0 Å². The number of rotatable bonds is 3. The summed E-state index contributed by atoms with van der Waals surface area (Å²) in [4.78, 5) is 17.0. The van der Waals surface area contributed by atoms with Crippen molar-refractivity contribution >= 4 is 27.4 Å². The second kappa shape index (κ2) is 8.28. The molecule has 1 N–H and O–H groups in total. The molecule has 8 heteroatoms. The number of amides is 2. The van der Waals surface area contributed by atoms with Crippen LogP contribution in [0.5, 0.6) is 0 Å². The van der Waals surface area contributed by atoms with Crippen LogP contribution in [0.2, 0.25) is 0 Å². The SMILES string of the molecule is Cc1cccc(N2CCN(C(=O)Nc3cccc4c3CCN(S(C)(=O)=O)C4)CC2)c1. The quantitative estimate of drug-likeness (QED) is 0.816. The molecule has 1 saturated heterocycles. The molecule has 0 unspecified atom stereocenters. The van der Waals surface area contributed by atoms with Gasteiger partial charge in [0.1, 0.15) is 0 Å². The van der Waals surface area contributed by atoms with Gasteiger partial charge in [-0.3, -0.25) is 0 Å². The van der Waals surface area contributed by atoms with E-state index in [4.69, 9.17) is 0 Å². The van der Waals surface area contributed by atoms with Crippen molar-refractivity contribution in [2.75, 3.05) is 49.2 Å². The molecule has 30 heavy (non-hydrogen) atoms. The molecule has 0 aromatic heterocycles. The molecule has 2 aliphatic heterocycles. The summed E-state index contributed by atoms with van der Waals surface area (Å²) in [6.07, 6.45) is 1.83. The molecule has 2 amide bonds. The Labute approximate surface area is 178 Å². The average molecular weight is 429 g/mol. The van der Waals surface area contributed by atoms with Gasteiger partial charge < -0.3 is 15.1 Å². The van der Waals surface area contributed by atoms with Crippen LogP contribution in [-0.2, 0) is 23.0 Å². The maximum atomic E-state index is 12.9. The lowest BCUT2D eigenvalue weighted by atomic mass is 9.99. The second-order valence-corrected chi connectivity index (χ2v) is 10.0. The van der Waals surface area contributed by atoms with Gasteiger partial charge in [-0.05, 0) is 48.2 Å². The first-order valence-electron chi connectivity index (χ1n) is 10.2. The van der Waals surface area contributed by atoms with E-state index in [2.05, 4.69) is 41.4 Å². The van der Waals surface area contributed by atoms with Gasteiger partial charge in [0.25, 0.3) is 0 Å². The van der Waals surface area contributed by atoms with Gasteiger partial charge in [0.15, 0.2) is 0 Å². The van der Waals surface area contributed by atoms with Crippen LogP contribution in [0, 0.1) is 6.92 Å². The molecule has 0 bridgehead atoms. The van der Waals surface area contributed by atoms with Crippen LogP contribution in [0.4, 0.5) is 16.2 Å². The van der Waals surface area contributed by atoms with Crippen LogP contribution in [-0.4, -0.2) is 62.6 Å². The number of benzene rings is 2. The number of sulfonamides is 1. The summed E-state index contributed by atoms with van der Waals surface area (Å²) in [6, 6.07) is 14.0. The van der Waals surface area contributed by atoms with Gasteiger partial charge in [-0.25, -0.2) is 13.2 Å². The molecule has 4 rings (SSSR count). The fraction of sp³-hybridized carbons (Fsp3) is 0.409. The third-order valence-corrected chi connectivity index (χ3v) is 7.12. The van der Waals surface area contributed by atoms with Gasteiger partial charge in [-0.1, -0.05) is 24.3 Å². The van der Waals surface area contributed by atoms with Crippen molar-refractivity contribution in [1.82, 2.24) is 9.21 Å². The van der Waals surface area contributed by atoms with E-state index in [0.29, 0.717) is 32.6 Å². The molecule has 1 fully saturated rings. The van der Waals surface area contributed by atoms with Crippen LogP contribution in [0.25, 0.3) is 0 Å². The molecule has 0 atom stereocenters. The summed E-state index contributed by atoms with van der Waals surface area (Å²) >= 11 is 0. The molecule has 0 aliphatic carbocycles. The van der Waals surface area contributed by atoms with Crippen LogP contribution >= 0.6 is 0 Å². The highest BCUT2D eigenvalue weighted by molar-refractivity contribution is 7.88. The molecule has 7 nitrogen and oxygen atoms in total. The number of piperazine rings is 1. The third-order valence-electron chi connectivity index (χ3n) is 5.88. The van der Waals surface area contributed by atoms with Crippen LogP contribution < -0.4 is 10.2 Å². The summed E-state index contributed by atoms with van der Waals surface area (Å²) in [5, 5.41) is 3.06. The standard InChI is InChI=1S/C22H28N4O3S/c1-17-5-3-7-19(15-17)24-11-13-25(14-12-24)22(27)23-21-8-4-6-18-16-26(30(2,28)29)10-9-20(18)21/h3-8,15H,9-14,16H2,1-2H3,(H,23,27). The summed E-state index contributed by atoms with van der Waals surface area (Å²) in [5.41, 5.74) is 5.20. The lowest BCUT2D eigenvalue weighted by Gasteiger charge is -2.36. The molecule has 0 saturated carbocycles. The predicted molar refractivity (Wildman–Crippen MR) is 119 cm³/mol. The normalized spacial score (nSPS) is 17.5. The summed E-state index contributed by atoms with van der Waals surface area (Å²) in [6.45, 7) is 5.80. The minimum absolute atomic E-state index is 0.0992. The third kappa shape index (κ3) is 4.44. The first kappa shape index (κ1) is 20.7. The van der Waals surface area contributed by atoms with Gasteiger partial charge in [0.2, 0.25) is 10.0 Å². The Morgan fingerprint density at radius 1 is 1.00 bits per heavy atom. The topological polar surface area (TPSA) is 73.0 Å². The van der Waals surface area contributed by atoms with E-state index in [1.165, 1.54) is 21.8 Å². The smallest absolute Gasteiger partial charge is 0.321 e. The number of nitrogens with one attached hydrogen (secondary N) is 1. The molecule has 0 spiro atoms. The number of nitrogens with zero attached hydrogens (tertiary/aromatic N) is 3. The van der Waals surface area contributed by atoms with Gasteiger partial charge in [-0.2, -0.15) is 4.31 Å². The number of aryl methyl sites for hydroxylation is 1. The van der Waals surface area contributed by atoms with Gasteiger partial charge in [0, 0.05) is 50.6 Å². The van der Waals surface area contributed by atoms with Crippen molar-refractivity contribution in [3.05, 3.63) is 59.2 Å². The van der Waals surface area contributed by atoms with Gasteiger partial charge in [0.05, 0.1) is 6.26 Å². The molecule has 2 aliphatic rings. The van der Waals surface area contributed by atoms with Crippen molar-refractivity contribution in [2.24, 2.45) is 0 Å². The van der Waals surface area contributed by atoms with E-state index in [9.17, 15) is 13.2 Å². The number of urea groups is 1. The minimum atomic E-state index is -3.22. The minimum Gasteiger partial charge on any atom is -0.368 e. The largest absolute Gasteiger partial charge is 0.368 e. The molecule has 160 valence electrons. The fourth-order valence-electron chi connectivity index (χ4n) is 4.17. The zero-order valence-electron chi connectivity index (χ0n) is 17.5. The number of hydrogen-bond donors (Lipinski definition) is 1. The maximum absolute atomic E-state index is 12.9. The Morgan fingerprint density at radius 2 is 1.73 bits per heavy atom. The fourth-order valence-corrected chi connectivity index (χ4v) is 4.97. The lowest BCUT2D eigenvalue weighted by molar-refractivity contribution is 0.208. The summed E-state index contributed by atoms with van der Waals surface area (Å²) in [5.74, 6) is 0. The Hall–Kier alpha value is -2.58. The molecule has 2 aromatic rings. The number of fused-ring (bicyclic) bond motifs is 1. The number of anilines is 2. The lowest BCUT2D eigenvalue weighted by Crippen LogP contribution is -2.50. The highest BCUT2D eigenvalue weighted by atomic mass is 32.2. The first-order valence-corrected chi connectivity index (χ1v) is 12.1. The molecule has 2 heterocycles.